The molecule has 2 aromatic rings. The van der Waals surface area contributed by atoms with Crippen LogP contribution >= 0.6 is 15.9 Å². The van der Waals surface area contributed by atoms with Gasteiger partial charge in [0.05, 0.1) is 7.11 Å². The van der Waals surface area contributed by atoms with Gasteiger partial charge in [-0.25, -0.2) is 8.78 Å². The molecule has 19 heavy (non-hydrogen) atoms. The number of ketones is 1. The maximum Gasteiger partial charge on any atom is 0.194 e. The minimum Gasteiger partial charge on any atom is -0.494 e. The number of carbonyl (C=O) groups excluding carboxylic acids is 1. The molecule has 0 atom stereocenters. The molecule has 98 valence electrons. The summed E-state index contributed by atoms with van der Waals surface area (Å²) < 4.78 is 31.6. The highest BCUT2D eigenvalue weighted by Gasteiger charge is 2.15. The molecule has 0 fully saturated rings. The summed E-state index contributed by atoms with van der Waals surface area (Å²) in [5, 5.41) is 0. The van der Waals surface area contributed by atoms with Crippen LogP contribution in [-0.2, 0) is 0 Å². The lowest BCUT2D eigenvalue weighted by molar-refractivity contribution is 0.103. The summed E-state index contributed by atoms with van der Waals surface area (Å²) in [6.07, 6.45) is 0. The van der Waals surface area contributed by atoms with Gasteiger partial charge in [0.25, 0.3) is 0 Å². The van der Waals surface area contributed by atoms with E-state index in [-0.39, 0.29) is 16.9 Å². The number of hydrogen-bond donors (Lipinski definition) is 0. The molecule has 0 spiro atoms. The van der Waals surface area contributed by atoms with Gasteiger partial charge in [0.2, 0.25) is 0 Å². The summed E-state index contributed by atoms with van der Waals surface area (Å²) in [7, 11) is 1.34. The van der Waals surface area contributed by atoms with Crippen LogP contribution in [0.25, 0.3) is 0 Å². The highest BCUT2D eigenvalue weighted by Crippen LogP contribution is 2.24. The molecule has 0 aliphatic carbocycles. The Morgan fingerprint density at radius 1 is 1.16 bits per heavy atom. The van der Waals surface area contributed by atoms with E-state index in [0.717, 1.165) is 6.07 Å². The fourth-order valence-electron chi connectivity index (χ4n) is 1.64. The summed E-state index contributed by atoms with van der Waals surface area (Å²) in [6, 6.07) is 7.64. The van der Waals surface area contributed by atoms with E-state index in [1.807, 2.05) is 0 Å². The van der Waals surface area contributed by atoms with Gasteiger partial charge in [0.1, 0.15) is 5.82 Å². The van der Waals surface area contributed by atoms with E-state index in [0.29, 0.717) is 4.47 Å². The zero-order chi connectivity index (χ0) is 14.0. The smallest absolute Gasteiger partial charge is 0.194 e. The fourth-order valence-corrected chi connectivity index (χ4v) is 2.17. The molecule has 0 N–H and O–H groups in total. The van der Waals surface area contributed by atoms with Crippen molar-refractivity contribution < 1.29 is 18.3 Å². The first-order valence-electron chi connectivity index (χ1n) is 5.36. The Balaban J connectivity index is 2.41. The highest BCUT2D eigenvalue weighted by molar-refractivity contribution is 9.10. The van der Waals surface area contributed by atoms with Gasteiger partial charge in [-0.15, -0.1) is 0 Å². The van der Waals surface area contributed by atoms with Crippen LogP contribution in [0.1, 0.15) is 15.9 Å². The van der Waals surface area contributed by atoms with Crippen LogP contribution in [0.5, 0.6) is 5.75 Å². The zero-order valence-electron chi connectivity index (χ0n) is 9.91. The van der Waals surface area contributed by atoms with Crippen molar-refractivity contribution in [1.29, 1.82) is 0 Å². The quantitative estimate of drug-likeness (QED) is 0.798. The Labute approximate surface area is 117 Å². The van der Waals surface area contributed by atoms with Crippen LogP contribution in [-0.4, -0.2) is 12.9 Å². The lowest BCUT2D eigenvalue weighted by atomic mass is 10.0. The SMILES string of the molecule is COc1ccc(C(=O)c2ccc(F)cc2Br)cc1F. The predicted octanol–water partition coefficient (Wildman–Crippen LogP) is 3.97. The number of hydrogen-bond acceptors (Lipinski definition) is 2. The monoisotopic (exact) mass is 326 g/mol. The summed E-state index contributed by atoms with van der Waals surface area (Å²) >= 11 is 3.11. The topological polar surface area (TPSA) is 26.3 Å². The maximum atomic E-state index is 13.5. The van der Waals surface area contributed by atoms with Crippen molar-refractivity contribution in [2.75, 3.05) is 7.11 Å². The number of rotatable bonds is 3. The van der Waals surface area contributed by atoms with E-state index in [1.54, 1.807) is 0 Å². The van der Waals surface area contributed by atoms with Gasteiger partial charge in [-0.05, 0) is 52.3 Å². The number of carbonyl (C=O) groups is 1. The molecular formula is C14H9BrF2O2. The molecule has 5 heteroatoms. The van der Waals surface area contributed by atoms with Crippen LogP contribution in [0, 0.1) is 11.6 Å². The molecule has 0 saturated carbocycles. The summed E-state index contributed by atoms with van der Waals surface area (Å²) in [5.41, 5.74) is 0.441. The van der Waals surface area contributed by atoms with Crippen LogP contribution in [0.3, 0.4) is 0 Å². The first kappa shape index (κ1) is 13.7. The van der Waals surface area contributed by atoms with Gasteiger partial charge in [-0.3, -0.25) is 4.79 Å². The second-order valence-corrected chi connectivity index (χ2v) is 4.66. The Hall–Kier alpha value is -1.75. The standard InChI is InChI=1S/C14H9BrF2O2/c1-19-13-5-2-8(6-12(13)17)14(18)10-4-3-9(16)7-11(10)15/h2-7H,1H3. The molecule has 2 aromatic carbocycles. The molecule has 0 aliphatic rings. The number of ether oxygens (including phenoxy) is 1. The molecule has 0 heterocycles. The Morgan fingerprint density at radius 3 is 2.47 bits per heavy atom. The predicted molar refractivity (Wildman–Crippen MR) is 70.5 cm³/mol. The van der Waals surface area contributed by atoms with Crippen LogP contribution in [0.15, 0.2) is 40.9 Å². The van der Waals surface area contributed by atoms with E-state index in [4.69, 9.17) is 4.74 Å². The van der Waals surface area contributed by atoms with E-state index < -0.39 is 17.4 Å². The van der Waals surface area contributed by atoms with Crippen LogP contribution < -0.4 is 4.74 Å². The molecule has 2 rings (SSSR count). The van der Waals surface area contributed by atoms with E-state index >= 15 is 0 Å². The van der Waals surface area contributed by atoms with Crippen molar-refractivity contribution in [1.82, 2.24) is 0 Å². The van der Waals surface area contributed by atoms with Gasteiger partial charge in [-0.1, -0.05) is 0 Å². The van der Waals surface area contributed by atoms with Gasteiger partial charge in [0.15, 0.2) is 17.3 Å². The largest absolute Gasteiger partial charge is 0.494 e. The third-order valence-corrected chi connectivity index (χ3v) is 3.25. The van der Waals surface area contributed by atoms with Gasteiger partial charge >= 0.3 is 0 Å². The molecule has 0 amide bonds. The van der Waals surface area contributed by atoms with Crippen molar-refractivity contribution in [3.8, 4) is 5.75 Å². The van der Waals surface area contributed by atoms with Gasteiger partial charge < -0.3 is 4.74 Å². The first-order valence-corrected chi connectivity index (χ1v) is 6.15. The van der Waals surface area contributed by atoms with Crippen LogP contribution in [0.4, 0.5) is 8.78 Å². The summed E-state index contributed by atoms with van der Waals surface area (Å²) in [6.45, 7) is 0. The van der Waals surface area contributed by atoms with E-state index in [1.165, 1.54) is 37.4 Å². The zero-order valence-corrected chi connectivity index (χ0v) is 11.5. The second-order valence-electron chi connectivity index (χ2n) is 3.80. The minimum atomic E-state index is -0.619. The van der Waals surface area contributed by atoms with E-state index in [2.05, 4.69) is 15.9 Å². The number of methoxy groups -OCH3 is 1. The molecular weight excluding hydrogens is 318 g/mol. The maximum absolute atomic E-state index is 13.5. The molecule has 2 nitrogen and oxygen atoms in total. The van der Waals surface area contributed by atoms with E-state index in [9.17, 15) is 13.6 Å². The normalized spacial score (nSPS) is 10.3. The van der Waals surface area contributed by atoms with Crippen molar-refractivity contribution in [3.05, 3.63) is 63.6 Å². The summed E-state index contributed by atoms with van der Waals surface area (Å²) in [5.74, 6) is -1.40. The molecule has 0 radical (unpaired) electrons. The third-order valence-electron chi connectivity index (χ3n) is 2.59. The van der Waals surface area contributed by atoms with Gasteiger partial charge in [0, 0.05) is 15.6 Å². The number of halogens is 3. The van der Waals surface area contributed by atoms with Crippen molar-refractivity contribution in [3.63, 3.8) is 0 Å². The molecule has 0 aromatic heterocycles. The Kier molecular flexibility index (Phi) is 3.95. The second kappa shape index (κ2) is 5.48. The first-order chi connectivity index (χ1) is 9.02. The summed E-state index contributed by atoms with van der Waals surface area (Å²) in [4.78, 5) is 12.2. The Morgan fingerprint density at radius 2 is 1.89 bits per heavy atom. The van der Waals surface area contributed by atoms with Crippen molar-refractivity contribution >= 4 is 21.7 Å². The molecule has 0 bridgehead atoms. The number of benzene rings is 2. The average Bonchev–Trinajstić information content (AvgIpc) is 2.38. The lowest BCUT2D eigenvalue weighted by Gasteiger charge is -2.06. The van der Waals surface area contributed by atoms with Crippen molar-refractivity contribution in [2.24, 2.45) is 0 Å². The molecule has 0 saturated heterocycles. The highest BCUT2D eigenvalue weighted by atomic mass is 79.9. The van der Waals surface area contributed by atoms with Crippen LogP contribution in [0.2, 0.25) is 0 Å². The minimum absolute atomic E-state index is 0.0646. The molecule has 0 aliphatic heterocycles. The lowest BCUT2D eigenvalue weighted by Crippen LogP contribution is -2.03. The average molecular weight is 327 g/mol. The fraction of sp³-hybridized carbons (Fsp3) is 0.0714. The Bertz CT molecular complexity index is 641. The third kappa shape index (κ3) is 2.81. The molecule has 0 unspecified atom stereocenters. The van der Waals surface area contributed by atoms with Crippen molar-refractivity contribution in [2.45, 2.75) is 0 Å². The van der Waals surface area contributed by atoms with Gasteiger partial charge in [-0.2, -0.15) is 0 Å².